The van der Waals surface area contributed by atoms with Crippen LogP contribution in [-0.4, -0.2) is 35.8 Å². The highest BCUT2D eigenvalue weighted by Crippen LogP contribution is 2.32. The fourth-order valence-electron chi connectivity index (χ4n) is 3.38. The summed E-state index contributed by atoms with van der Waals surface area (Å²) in [5.41, 5.74) is -0.626. The van der Waals surface area contributed by atoms with E-state index >= 15 is 0 Å². The van der Waals surface area contributed by atoms with Crippen LogP contribution in [0.3, 0.4) is 0 Å². The largest absolute Gasteiger partial charge is 0.417 e. The zero-order valence-corrected chi connectivity index (χ0v) is 15.5. The lowest BCUT2D eigenvalue weighted by Gasteiger charge is -2.33. The number of piperidine rings is 1. The molecule has 4 nitrogen and oxygen atoms in total. The molecule has 1 saturated heterocycles. The van der Waals surface area contributed by atoms with E-state index in [1.807, 2.05) is 0 Å². The van der Waals surface area contributed by atoms with Gasteiger partial charge in [0.2, 0.25) is 5.91 Å². The first-order chi connectivity index (χ1) is 13.7. The number of likely N-dealkylation sites (tertiary alicyclic amines) is 1. The van der Waals surface area contributed by atoms with Gasteiger partial charge in [-0.05, 0) is 42.7 Å². The molecule has 0 bridgehead atoms. The molecule has 0 radical (unpaired) electrons. The number of carbonyl (C=O) groups excluding carboxylic acids is 2. The van der Waals surface area contributed by atoms with E-state index in [0.717, 1.165) is 6.07 Å². The van der Waals surface area contributed by atoms with Crippen molar-refractivity contribution < 1.29 is 27.2 Å². The third-order valence-electron chi connectivity index (χ3n) is 4.89. The Morgan fingerprint density at radius 1 is 1.00 bits per heavy atom. The number of amides is 2. The predicted octanol–water partition coefficient (Wildman–Crippen LogP) is 3.81. The van der Waals surface area contributed by atoms with E-state index in [4.69, 9.17) is 0 Å². The van der Waals surface area contributed by atoms with Crippen molar-refractivity contribution in [2.75, 3.05) is 13.1 Å². The summed E-state index contributed by atoms with van der Waals surface area (Å²) in [5, 5.41) is 2.87. The zero-order chi connectivity index (χ0) is 21.0. The second-order valence-electron chi connectivity index (χ2n) is 6.98. The molecule has 29 heavy (non-hydrogen) atoms. The second-order valence-corrected chi connectivity index (χ2v) is 6.98. The van der Waals surface area contributed by atoms with Crippen molar-refractivity contribution in [2.24, 2.45) is 0 Å². The van der Waals surface area contributed by atoms with Crippen LogP contribution in [0.1, 0.15) is 34.3 Å². The molecule has 0 aliphatic carbocycles. The summed E-state index contributed by atoms with van der Waals surface area (Å²) in [6.45, 7) is 0.513. The summed E-state index contributed by atoms with van der Waals surface area (Å²) >= 11 is 0. The van der Waals surface area contributed by atoms with Gasteiger partial charge in [0, 0.05) is 19.1 Å². The van der Waals surface area contributed by atoms with Crippen molar-refractivity contribution in [2.45, 2.75) is 31.5 Å². The Hall–Kier alpha value is -2.90. The smallest absolute Gasteiger partial charge is 0.353 e. The van der Waals surface area contributed by atoms with Crippen molar-refractivity contribution in [3.8, 4) is 0 Å². The first kappa shape index (κ1) is 20.8. The Morgan fingerprint density at radius 3 is 2.24 bits per heavy atom. The van der Waals surface area contributed by atoms with Gasteiger partial charge in [-0.1, -0.05) is 24.3 Å². The van der Waals surface area contributed by atoms with Gasteiger partial charge in [-0.25, -0.2) is 4.39 Å². The maximum Gasteiger partial charge on any atom is 0.417 e. The maximum atomic E-state index is 13.1. The SMILES string of the molecule is O=C(Cc1ccc(F)cc1)NC1CCN(C(=O)c2ccccc2C(F)(F)F)CC1. The minimum atomic E-state index is -4.60. The minimum absolute atomic E-state index is 0.110. The van der Waals surface area contributed by atoms with E-state index in [2.05, 4.69) is 5.32 Å². The molecule has 1 N–H and O–H groups in total. The molecule has 2 aromatic carbocycles. The van der Waals surface area contributed by atoms with Gasteiger partial charge >= 0.3 is 6.18 Å². The first-order valence-electron chi connectivity index (χ1n) is 9.23. The van der Waals surface area contributed by atoms with Gasteiger partial charge in [0.1, 0.15) is 5.82 Å². The van der Waals surface area contributed by atoms with Gasteiger partial charge in [-0.2, -0.15) is 13.2 Å². The molecule has 1 fully saturated rings. The van der Waals surface area contributed by atoms with Crippen LogP contribution >= 0.6 is 0 Å². The number of rotatable bonds is 4. The van der Waals surface area contributed by atoms with Crippen LogP contribution in [0.15, 0.2) is 48.5 Å². The number of halogens is 4. The Balaban J connectivity index is 1.55. The number of hydrogen-bond donors (Lipinski definition) is 1. The van der Waals surface area contributed by atoms with Gasteiger partial charge in [-0.3, -0.25) is 9.59 Å². The van der Waals surface area contributed by atoms with Gasteiger partial charge in [0.15, 0.2) is 0 Å². The van der Waals surface area contributed by atoms with Crippen LogP contribution in [0.5, 0.6) is 0 Å². The zero-order valence-electron chi connectivity index (χ0n) is 15.5. The molecule has 8 heteroatoms. The van der Waals surface area contributed by atoms with E-state index in [9.17, 15) is 27.2 Å². The van der Waals surface area contributed by atoms with Crippen molar-refractivity contribution in [3.05, 3.63) is 71.0 Å². The summed E-state index contributed by atoms with van der Waals surface area (Å²) in [6.07, 6.45) is -3.58. The predicted molar refractivity (Wildman–Crippen MR) is 98.6 cm³/mol. The third kappa shape index (κ3) is 5.34. The normalized spacial score (nSPS) is 15.2. The highest BCUT2D eigenvalue weighted by Gasteiger charge is 2.36. The second kappa shape index (κ2) is 8.63. The average molecular weight is 408 g/mol. The molecule has 2 aromatic rings. The minimum Gasteiger partial charge on any atom is -0.353 e. The quantitative estimate of drug-likeness (QED) is 0.783. The molecular weight excluding hydrogens is 388 g/mol. The van der Waals surface area contributed by atoms with Crippen LogP contribution < -0.4 is 5.32 Å². The molecule has 0 atom stereocenters. The van der Waals surface area contributed by atoms with E-state index in [1.54, 1.807) is 0 Å². The molecule has 1 heterocycles. The van der Waals surface area contributed by atoms with Crippen molar-refractivity contribution in [1.29, 1.82) is 0 Å². The third-order valence-corrected chi connectivity index (χ3v) is 4.89. The van der Waals surface area contributed by atoms with E-state index in [-0.39, 0.29) is 42.8 Å². The Labute approximate surface area is 165 Å². The number of alkyl halides is 3. The molecule has 0 spiro atoms. The number of nitrogens with one attached hydrogen (secondary N) is 1. The lowest BCUT2D eigenvalue weighted by Crippen LogP contribution is -2.47. The van der Waals surface area contributed by atoms with Crippen LogP contribution in [0.4, 0.5) is 17.6 Å². The van der Waals surface area contributed by atoms with E-state index in [0.29, 0.717) is 18.4 Å². The summed E-state index contributed by atoms with van der Waals surface area (Å²) in [5.74, 6) is -1.25. The lowest BCUT2D eigenvalue weighted by molar-refractivity contribution is -0.138. The highest BCUT2D eigenvalue weighted by molar-refractivity contribution is 5.96. The molecule has 0 unspecified atom stereocenters. The van der Waals surface area contributed by atoms with Gasteiger partial charge in [0.05, 0.1) is 17.5 Å². The Morgan fingerprint density at radius 2 is 1.62 bits per heavy atom. The van der Waals surface area contributed by atoms with Gasteiger partial charge in [-0.15, -0.1) is 0 Å². The van der Waals surface area contributed by atoms with Crippen LogP contribution in [0.25, 0.3) is 0 Å². The average Bonchev–Trinajstić information content (AvgIpc) is 2.69. The van der Waals surface area contributed by atoms with Crippen LogP contribution in [-0.2, 0) is 17.4 Å². The molecule has 0 aromatic heterocycles. The molecule has 0 saturated carbocycles. The van der Waals surface area contributed by atoms with Crippen molar-refractivity contribution >= 4 is 11.8 Å². The first-order valence-corrected chi connectivity index (χ1v) is 9.23. The van der Waals surface area contributed by atoms with E-state index in [1.165, 1.54) is 47.4 Å². The van der Waals surface area contributed by atoms with Gasteiger partial charge < -0.3 is 10.2 Å². The number of benzene rings is 2. The van der Waals surface area contributed by atoms with Crippen LogP contribution in [0.2, 0.25) is 0 Å². The summed E-state index contributed by atoms with van der Waals surface area (Å²) in [6, 6.07) is 10.2. The van der Waals surface area contributed by atoms with Gasteiger partial charge in [0.25, 0.3) is 5.91 Å². The molecular formula is C21H20F4N2O2. The number of hydrogen-bond acceptors (Lipinski definition) is 2. The lowest BCUT2D eigenvalue weighted by atomic mass is 10.0. The van der Waals surface area contributed by atoms with Crippen molar-refractivity contribution in [3.63, 3.8) is 0 Å². The molecule has 3 rings (SSSR count). The molecule has 1 aliphatic rings. The maximum absolute atomic E-state index is 13.1. The Bertz CT molecular complexity index is 873. The highest BCUT2D eigenvalue weighted by atomic mass is 19.4. The standard InChI is InChI=1S/C21H20F4N2O2/c22-15-7-5-14(6-8-15)13-19(28)26-16-9-11-27(12-10-16)20(29)17-3-1-2-4-18(17)21(23,24)25/h1-8,16H,9-13H2,(H,26,28). The monoisotopic (exact) mass is 408 g/mol. The number of nitrogens with zero attached hydrogens (tertiary/aromatic N) is 1. The molecule has 1 aliphatic heterocycles. The summed E-state index contributed by atoms with van der Waals surface area (Å²) in [7, 11) is 0. The summed E-state index contributed by atoms with van der Waals surface area (Å²) < 4.78 is 52.3. The topological polar surface area (TPSA) is 49.4 Å². The summed E-state index contributed by atoms with van der Waals surface area (Å²) in [4.78, 5) is 26.1. The van der Waals surface area contributed by atoms with Crippen LogP contribution in [0, 0.1) is 5.82 Å². The number of carbonyl (C=O) groups is 2. The molecule has 154 valence electrons. The fraction of sp³-hybridized carbons (Fsp3) is 0.333. The fourth-order valence-corrected chi connectivity index (χ4v) is 3.38. The van der Waals surface area contributed by atoms with E-state index < -0.39 is 17.6 Å². The molecule has 2 amide bonds. The van der Waals surface area contributed by atoms with Crippen molar-refractivity contribution in [1.82, 2.24) is 10.2 Å². The Kier molecular flexibility index (Phi) is 6.20.